The van der Waals surface area contributed by atoms with Gasteiger partial charge in [0.2, 0.25) is 0 Å². The third-order valence-electron chi connectivity index (χ3n) is 3.57. The molecule has 1 unspecified atom stereocenters. The van der Waals surface area contributed by atoms with Gasteiger partial charge in [0.1, 0.15) is 31.0 Å². The van der Waals surface area contributed by atoms with Crippen LogP contribution >= 0.6 is 11.6 Å². The zero-order valence-electron chi connectivity index (χ0n) is 12.9. The van der Waals surface area contributed by atoms with E-state index >= 15 is 0 Å². The molecule has 5 atom stereocenters. The predicted molar refractivity (Wildman–Crippen MR) is 85.1 cm³/mol. The average molecular weight is 359 g/mol. The number of methoxy groups -OCH3 is 1. The van der Waals surface area contributed by atoms with E-state index in [1.807, 2.05) is 0 Å². The van der Waals surface area contributed by atoms with Crippen LogP contribution in [0.1, 0.15) is 5.56 Å². The summed E-state index contributed by atoms with van der Waals surface area (Å²) < 4.78 is 15.1. The molecule has 0 spiro atoms. The van der Waals surface area contributed by atoms with E-state index in [1.54, 1.807) is 30.3 Å². The summed E-state index contributed by atoms with van der Waals surface area (Å²) in [5.41, 5.74) is 0.767. The molecule has 1 aliphatic heterocycles. The van der Waals surface area contributed by atoms with Crippen LogP contribution in [0, 0.1) is 0 Å². The lowest BCUT2D eigenvalue weighted by Crippen LogP contribution is -2.59. The standard InChI is InChI=1S/C16H19ClO7/c1-22-16-15(21)14(20)13(19)11(24-16)8-23-12(18)7-4-9-2-5-10(17)6-3-9/h2-7,11,13-16,19-21H,8H2,1H3/b7-4+/t11-,13-,14+,15-,16?/m1/s1. The highest BCUT2D eigenvalue weighted by Gasteiger charge is 2.44. The first-order valence-corrected chi connectivity index (χ1v) is 7.63. The number of carbonyl (C=O) groups is 1. The Bertz CT molecular complexity index is 572. The molecule has 8 heteroatoms. The lowest BCUT2D eigenvalue weighted by atomic mass is 9.99. The fourth-order valence-electron chi connectivity index (χ4n) is 2.20. The Balaban J connectivity index is 1.87. The van der Waals surface area contributed by atoms with Crippen LogP contribution in [0.25, 0.3) is 6.08 Å². The van der Waals surface area contributed by atoms with Crippen LogP contribution in [0.5, 0.6) is 0 Å². The van der Waals surface area contributed by atoms with Gasteiger partial charge in [0.15, 0.2) is 6.29 Å². The minimum absolute atomic E-state index is 0.297. The van der Waals surface area contributed by atoms with E-state index in [4.69, 9.17) is 25.8 Å². The molecule has 1 aromatic carbocycles. The van der Waals surface area contributed by atoms with Crippen molar-refractivity contribution in [1.82, 2.24) is 0 Å². The topological polar surface area (TPSA) is 105 Å². The maximum atomic E-state index is 11.7. The van der Waals surface area contributed by atoms with E-state index < -0.39 is 36.7 Å². The number of aliphatic hydroxyl groups excluding tert-OH is 3. The first-order chi connectivity index (χ1) is 11.4. The van der Waals surface area contributed by atoms with Crippen molar-refractivity contribution in [3.05, 3.63) is 40.9 Å². The molecule has 7 nitrogen and oxygen atoms in total. The second kappa shape index (κ2) is 8.57. The van der Waals surface area contributed by atoms with Crippen LogP contribution in [0.3, 0.4) is 0 Å². The SMILES string of the molecule is COC1O[C@H](COC(=O)/C=C/c2ccc(Cl)cc2)[C@@H](O)[C@H](O)[C@H]1O. The summed E-state index contributed by atoms with van der Waals surface area (Å²) >= 11 is 5.77. The minimum atomic E-state index is -1.46. The lowest BCUT2D eigenvalue weighted by Gasteiger charge is -2.39. The third-order valence-corrected chi connectivity index (χ3v) is 3.82. The summed E-state index contributed by atoms with van der Waals surface area (Å²) in [6, 6.07) is 6.86. The van der Waals surface area contributed by atoms with Gasteiger partial charge in [0, 0.05) is 18.2 Å². The number of carbonyl (C=O) groups excluding carboxylic acids is 1. The molecule has 1 aliphatic rings. The van der Waals surface area contributed by atoms with Crippen molar-refractivity contribution < 1.29 is 34.3 Å². The maximum absolute atomic E-state index is 11.7. The smallest absolute Gasteiger partial charge is 0.330 e. The van der Waals surface area contributed by atoms with Crippen LogP contribution in [0.15, 0.2) is 30.3 Å². The number of aliphatic hydroxyl groups is 3. The van der Waals surface area contributed by atoms with Crippen molar-refractivity contribution in [1.29, 1.82) is 0 Å². The van der Waals surface area contributed by atoms with Crippen LogP contribution in [-0.4, -0.2) is 65.7 Å². The summed E-state index contributed by atoms with van der Waals surface area (Å²) in [5.74, 6) is -0.643. The van der Waals surface area contributed by atoms with Gasteiger partial charge < -0.3 is 29.5 Å². The molecule has 0 radical (unpaired) electrons. The molecule has 0 bridgehead atoms. The Morgan fingerprint density at radius 1 is 1.21 bits per heavy atom. The Labute approximate surface area is 144 Å². The second-order valence-electron chi connectivity index (χ2n) is 5.27. The van der Waals surface area contributed by atoms with Gasteiger partial charge in [-0.05, 0) is 23.8 Å². The molecule has 2 rings (SSSR count). The lowest BCUT2D eigenvalue weighted by molar-refractivity contribution is -0.294. The molecule has 0 aromatic heterocycles. The predicted octanol–water partition coefficient (Wildman–Crippen LogP) is 0.350. The quantitative estimate of drug-likeness (QED) is 0.515. The van der Waals surface area contributed by atoms with Crippen molar-refractivity contribution in [3.63, 3.8) is 0 Å². The van der Waals surface area contributed by atoms with Crippen molar-refractivity contribution in [2.75, 3.05) is 13.7 Å². The number of ether oxygens (including phenoxy) is 3. The molecule has 0 amide bonds. The van der Waals surface area contributed by atoms with Gasteiger partial charge in [-0.3, -0.25) is 0 Å². The summed E-state index contributed by atoms with van der Waals surface area (Å²) in [6.07, 6.45) is -3.61. The van der Waals surface area contributed by atoms with E-state index in [-0.39, 0.29) is 6.61 Å². The van der Waals surface area contributed by atoms with Crippen LogP contribution in [0.4, 0.5) is 0 Å². The van der Waals surface area contributed by atoms with Gasteiger partial charge in [-0.1, -0.05) is 23.7 Å². The number of hydrogen-bond acceptors (Lipinski definition) is 7. The highest BCUT2D eigenvalue weighted by atomic mass is 35.5. The molecule has 24 heavy (non-hydrogen) atoms. The van der Waals surface area contributed by atoms with Gasteiger partial charge in [-0.2, -0.15) is 0 Å². The summed E-state index contributed by atoms with van der Waals surface area (Å²) in [7, 11) is 1.29. The molecule has 0 saturated carbocycles. The monoisotopic (exact) mass is 358 g/mol. The second-order valence-corrected chi connectivity index (χ2v) is 5.70. The van der Waals surface area contributed by atoms with E-state index in [9.17, 15) is 20.1 Å². The van der Waals surface area contributed by atoms with Gasteiger partial charge in [0.05, 0.1) is 0 Å². The highest BCUT2D eigenvalue weighted by Crippen LogP contribution is 2.22. The van der Waals surface area contributed by atoms with E-state index in [2.05, 4.69) is 0 Å². The molecule has 3 N–H and O–H groups in total. The Morgan fingerprint density at radius 2 is 1.88 bits per heavy atom. The van der Waals surface area contributed by atoms with Gasteiger partial charge in [-0.25, -0.2) is 4.79 Å². The molecule has 132 valence electrons. The van der Waals surface area contributed by atoms with Crippen molar-refractivity contribution in [3.8, 4) is 0 Å². The average Bonchev–Trinajstić information content (AvgIpc) is 2.58. The largest absolute Gasteiger partial charge is 0.460 e. The molecular weight excluding hydrogens is 340 g/mol. The van der Waals surface area contributed by atoms with Gasteiger partial charge >= 0.3 is 5.97 Å². The summed E-state index contributed by atoms with van der Waals surface area (Å²) in [5, 5.41) is 29.8. The molecule has 1 heterocycles. The van der Waals surface area contributed by atoms with E-state index in [0.717, 1.165) is 5.56 Å². The number of esters is 1. The van der Waals surface area contributed by atoms with E-state index in [1.165, 1.54) is 13.2 Å². The highest BCUT2D eigenvalue weighted by molar-refractivity contribution is 6.30. The molecule has 1 saturated heterocycles. The normalized spacial score (nSPS) is 30.5. The first kappa shape index (κ1) is 18.9. The van der Waals surface area contributed by atoms with Crippen molar-refractivity contribution in [2.24, 2.45) is 0 Å². The van der Waals surface area contributed by atoms with Crippen LogP contribution in [0.2, 0.25) is 5.02 Å². The zero-order valence-corrected chi connectivity index (χ0v) is 13.7. The number of benzene rings is 1. The molecule has 0 aliphatic carbocycles. The molecular formula is C16H19ClO7. The van der Waals surface area contributed by atoms with Gasteiger partial charge in [0.25, 0.3) is 0 Å². The van der Waals surface area contributed by atoms with Gasteiger partial charge in [-0.15, -0.1) is 0 Å². The molecule has 1 aromatic rings. The third kappa shape index (κ3) is 4.76. The van der Waals surface area contributed by atoms with Crippen LogP contribution < -0.4 is 0 Å². The van der Waals surface area contributed by atoms with E-state index in [0.29, 0.717) is 5.02 Å². The number of hydrogen-bond donors (Lipinski definition) is 3. The maximum Gasteiger partial charge on any atom is 0.330 e. The first-order valence-electron chi connectivity index (χ1n) is 7.25. The Hall–Kier alpha value is -1.48. The fraction of sp³-hybridized carbons (Fsp3) is 0.438. The Kier molecular flexibility index (Phi) is 6.73. The number of halogens is 1. The fourth-order valence-corrected chi connectivity index (χ4v) is 2.33. The minimum Gasteiger partial charge on any atom is -0.460 e. The Morgan fingerprint density at radius 3 is 2.50 bits per heavy atom. The molecule has 1 fully saturated rings. The van der Waals surface area contributed by atoms with Crippen molar-refractivity contribution >= 4 is 23.6 Å². The van der Waals surface area contributed by atoms with Crippen molar-refractivity contribution in [2.45, 2.75) is 30.7 Å². The summed E-state index contributed by atoms with van der Waals surface area (Å²) in [6.45, 7) is -0.297. The van der Waals surface area contributed by atoms with Crippen LogP contribution in [-0.2, 0) is 19.0 Å². The zero-order chi connectivity index (χ0) is 17.7. The summed E-state index contributed by atoms with van der Waals surface area (Å²) in [4.78, 5) is 11.7. The number of rotatable bonds is 5.